The van der Waals surface area contributed by atoms with Crippen LogP contribution in [0.5, 0.6) is 0 Å². The third kappa shape index (κ3) is 1.31. The Hall–Kier alpha value is -1.97. The van der Waals surface area contributed by atoms with E-state index in [9.17, 15) is 4.91 Å². The molecular weight excluding hydrogens is 178 g/mol. The lowest BCUT2D eigenvalue weighted by Crippen LogP contribution is -1.97. The summed E-state index contributed by atoms with van der Waals surface area (Å²) in [6, 6.07) is 9.62. The summed E-state index contributed by atoms with van der Waals surface area (Å²) < 4.78 is 1.69. The number of nitrogens with zero attached hydrogens (tertiary/aromatic N) is 3. The molecular formula is C10H9N3O. The van der Waals surface area contributed by atoms with Crippen LogP contribution in [0.2, 0.25) is 0 Å². The molecule has 1 heterocycles. The van der Waals surface area contributed by atoms with E-state index in [4.69, 9.17) is 0 Å². The summed E-state index contributed by atoms with van der Waals surface area (Å²) >= 11 is 0. The van der Waals surface area contributed by atoms with Gasteiger partial charge in [0.15, 0.2) is 0 Å². The molecule has 0 saturated carbocycles. The molecule has 0 bridgehead atoms. The summed E-state index contributed by atoms with van der Waals surface area (Å²) in [6.07, 6.45) is 1.47. The van der Waals surface area contributed by atoms with Gasteiger partial charge in [-0.2, -0.15) is 5.10 Å². The number of benzene rings is 1. The molecule has 0 spiro atoms. The topological polar surface area (TPSA) is 47.2 Å². The lowest BCUT2D eigenvalue weighted by atomic mass is 10.3. The molecule has 2 aromatic rings. The van der Waals surface area contributed by atoms with Gasteiger partial charge in [0.1, 0.15) is 5.69 Å². The van der Waals surface area contributed by atoms with Gasteiger partial charge in [-0.1, -0.05) is 18.2 Å². The Kier molecular flexibility index (Phi) is 2.10. The van der Waals surface area contributed by atoms with Gasteiger partial charge in [-0.15, -0.1) is 4.91 Å². The highest BCUT2D eigenvalue weighted by Gasteiger charge is 2.06. The number of para-hydroxylation sites is 1. The second-order valence-electron chi connectivity index (χ2n) is 2.95. The summed E-state index contributed by atoms with van der Waals surface area (Å²) in [5.74, 6) is 0. The maximum absolute atomic E-state index is 10.4. The molecule has 0 N–H and O–H groups in total. The molecule has 1 aromatic heterocycles. The van der Waals surface area contributed by atoms with Gasteiger partial charge in [-0.25, -0.2) is 4.68 Å². The van der Waals surface area contributed by atoms with Crippen molar-refractivity contribution in [3.8, 4) is 5.69 Å². The normalized spacial score (nSPS) is 10.1. The molecule has 0 radical (unpaired) electrons. The maximum atomic E-state index is 10.4. The summed E-state index contributed by atoms with van der Waals surface area (Å²) in [6.45, 7) is 1.82. The Morgan fingerprint density at radius 3 is 2.57 bits per heavy atom. The van der Waals surface area contributed by atoms with E-state index in [0.29, 0.717) is 5.69 Å². The molecule has 0 unspecified atom stereocenters. The largest absolute Gasteiger partial charge is 0.236 e. The molecule has 4 nitrogen and oxygen atoms in total. The predicted octanol–water partition coefficient (Wildman–Crippen LogP) is 2.58. The minimum atomic E-state index is 0.383. The van der Waals surface area contributed by atoms with Crippen molar-refractivity contribution in [3.05, 3.63) is 47.1 Å². The average Bonchev–Trinajstić information content (AvgIpc) is 2.61. The minimum Gasteiger partial charge on any atom is -0.236 e. The summed E-state index contributed by atoms with van der Waals surface area (Å²) in [5.41, 5.74) is 2.07. The van der Waals surface area contributed by atoms with E-state index in [-0.39, 0.29) is 0 Å². The maximum Gasteiger partial charge on any atom is 0.149 e. The van der Waals surface area contributed by atoms with Crippen molar-refractivity contribution in [1.82, 2.24) is 9.78 Å². The summed E-state index contributed by atoms with van der Waals surface area (Å²) in [7, 11) is 0. The first-order chi connectivity index (χ1) is 6.83. The molecule has 0 aliphatic rings. The zero-order valence-corrected chi connectivity index (χ0v) is 7.71. The Bertz CT molecular complexity index is 448. The highest BCUT2D eigenvalue weighted by atomic mass is 16.3. The minimum absolute atomic E-state index is 0.383. The van der Waals surface area contributed by atoms with Gasteiger partial charge in [0.25, 0.3) is 0 Å². The first-order valence-corrected chi connectivity index (χ1v) is 4.26. The van der Waals surface area contributed by atoms with E-state index >= 15 is 0 Å². The lowest BCUT2D eigenvalue weighted by molar-refractivity contribution is 0.847. The molecule has 0 saturated heterocycles. The Morgan fingerprint density at radius 1 is 1.29 bits per heavy atom. The van der Waals surface area contributed by atoms with Crippen LogP contribution in [-0.2, 0) is 0 Å². The van der Waals surface area contributed by atoms with Gasteiger partial charge < -0.3 is 0 Å². The molecule has 0 atom stereocenters. The van der Waals surface area contributed by atoms with Crippen LogP contribution in [0.3, 0.4) is 0 Å². The number of rotatable bonds is 2. The molecule has 70 valence electrons. The van der Waals surface area contributed by atoms with Crippen LogP contribution in [0, 0.1) is 11.8 Å². The van der Waals surface area contributed by atoms with Gasteiger partial charge in [-0.3, -0.25) is 0 Å². The fraction of sp³-hybridized carbons (Fsp3) is 0.100. The van der Waals surface area contributed by atoms with Crippen molar-refractivity contribution in [3.63, 3.8) is 0 Å². The fourth-order valence-corrected chi connectivity index (χ4v) is 1.32. The zero-order chi connectivity index (χ0) is 9.97. The molecule has 14 heavy (non-hydrogen) atoms. The highest BCUT2D eigenvalue weighted by Crippen LogP contribution is 2.19. The number of hydrogen-bond acceptors (Lipinski definition) is 3. The van der Waals surface area contributed by atoms with Crippen molar-refractivity contribution in [2.24, 2.45) is 5.18 Å². The third-order valence-electron chi connectivity index (χ3n) is 2.08. The third-order valence-corrected chi connectivity index (χ3v) is 2.08. The van der Waals surface area contributed by atoms with Crippen LogP contribution in [0.15, 0.2) is 41.7 Å². The standard InChI is InChI=1S/C10H9N3O/c1-8-10(12-14)7-11-13(8)9-5-3-2-4-6-9/h2-7H,1H3. The first kappa shape index (κ1) is 8.62. The Labute approximate surface area is 81.2 Å². The SMILES string of the molecule is Cc1c(N=O)cnn1-c1ccccc1. The number of nitroso groups, excluding NO2 is 1. The van der Waals surface area contributed by atoms with E-state index in [0.717, 1.165) is 11.4 Å². The van der Waals surface area contributed by atoms with E-state index in [1.54, 1.807) is 4.68 Å². The Balaban J connectivity index is 2.53. The van der Waals surface area contributed by atoms with Crippen molar-refractivity contribution < 1.29 is 0 Å². The molecule has 4 heteroatoms. The number of aromatic nitrogens is 2. The number of hydrogen-bond donors (Lipinski definition) is 0. The Morgan fingerprint density at radius 2 is 2.00 bits per heavy atom. The van der Waals surface area contributed by atoms with Gasteiger partial charge in [0.05, 0.1) is 17.6 Å². The monoisotopic (exact) mass is 187 g/mol. The summed E-state index contributed by atoms with van der Waals surface area (Å²) in [4.78, 5) is 10.4. The van der Waals surface area contributed by atoms with Crippen molar-refractivity contribution in [1.29, 1.82) is 0 Å². The van der Waals surface area contributed by atoms with E-state index in [2.05, 4.69) is 10.3 Å². The smallest absolute Gasteiger partial charge is 0.149 e. The van der Waals surface area contributed by atoms with Gasteiger partial charge >= 0.3 is 0 Å². The summed E-state index contributed by atoms with van der Waals surface area (Å²) in [5, 5.41) is 6.96. The van der Waals surface area contributed by atoms with Crippen molar-refractivity contribution in [2.75, 3.05) is 0 Å². The van der Waals surface area contributed by atoms with Crippen LogP contribution < -0.4 is 0 Å². The van der Waals surface area contributed by atoms with Crippen LogP contribution in [0.4, 0.5) is 5.69 Å². The predicted molar refractivity (Wildman–Crippen MR) is 53.8 cm³/mol. The van der Waals surface area contributed by atoms with Crippen molar-refractivity contribution >= 4 is 5.69 Å². The van der Waals surface area contributed by atoms with Crippen LogP contribution >= 0.6 is 0 Å². The van der Waals surface area contributed by atoms with E-state index < -0.39 is 0 Å². The average molecular weight is 187 g/mol. The fourth-order valence-electron chi connectivity index (χ4n) is 1.32. The van der Waals surface area contributed by atoms with Crippen LogP contribution in [0.25, 0.3) is 5.69 Å². The van der Waals surface area contributed by atoms with Crippen LogP contribution in [-0.4, -0.2) is 9.78 Å². The quantitative estimate of drug-likeness (QED) is 0.678. The molecule has 0 aliphatic carbocycles. The van der Waals surface area contributed by atoms with Crippen molar-refractivity contribution in [2.45, 2.75) is 6.92 Å². The van der Waals surface area contributed by atoms with Gasteiger partial charge in [0.2, 0.25) is 0 Å². The lowest BCUT2D eigenvalue weighted by Gasteiger charge is -2.02. The van der Waals surface area contributed by atoms with E-state index in [1.807, 2.05) is 37.3 Å². The zero-order valence-electron chi connectivity index (χ0n) is 7.71. The second-order valence-corrected chi connectivity index (χ2v) is 2.95. The molecule has 2 rings (SSSR count). The van der Waals surface area contributed by atoms with Gasteiger partial charge in [-0.05, 0) is 24.2 Å². The highest BCUT2D eigenvalue weighted by molar-refractivity contribution is 5.44. The van der Waals surface area contributed by atoms with Gasteiger partial charge in [0, 0.05) is 0 Å². The first-order valence-electron chi connectivity index (χ1n) is 4.26. The molecule has 0 fully saturated rings. The second kappa shape index (κ2) is 3.41. The van der Waals surface area contributed by atoms with E-state index in [1.165, 1.54) is 6.20 Å². The molecule has 0 amide bonds. The van der Waals surface area contributed by atoms with Crippen LogP contribution in [0.1, 0.15) is 5.69 Å². The molecule has 0 aliphatic heterocycles. The molecule has 1 aromatic carbocycles.